The van der Waals surface area contributed by atoms with Gasteiger partial charge in [0.2, 0.25) is 0 Å². The molecule has 0 saturated carbocycles. The standard InChI is InChI=1S/C22H21N3O4S/c26-13-3-12-25-20(19(24-22(25)30)16-4-1-2-11-23-16)18-10-9-17(29-18)14-5-7-15(8-6-14)21(27)28/h1-2,4-11,19-20,26H,3,12-13H2,(H,24,30)(H,27,28)/t19-,20-/m1/s1. The second kappa shape index (κ2) is 8.64. The summed E-state index contributed by atoms with van der Waals surface area (Å²) >= 11 is 5.56. The number of aromatic carboxylic acids is 1. The number of hydrogen-bond donors (Lipinski definition) is 3. The molecular formula is C22H21N3O4S. The molecule has 4 rings (SSSR count). The van der Waals surface area contributed by atoms with Gasteiger partial charge in [-0.1, -0.05) is 18.2 Å². The number of carboxylic acid groups (broad SMARTS) is 1. The van der Waals surface area contributed by atoms with Crippen molar-refractivity contribution < 1.29 is 19.4 Å². The topological polar surface area (TPSA) is 98.8 Å². The molecule has 0 bridgehead atoms. The first-order valence-corrected chi connectivity index (χ1v) is 10.0. The van der Waals surface area contributed by atoms with Crippen LogP contribution in [0.4, 0.5) is 0 Å². The lowest BCUT2D eigenvalue weighted by atomic mass is 10.0. The summed E-state index contributed by atoms with van der Waals surface area (Å²) in [6, 6.07) is 15.7. The van der Waals surface area contributed by atoms with Crippen LogP contribution in [0, 0.1) is 0 Å². The normalized spacial score (nSPS) is 18.4. The van der Waals surface area contributed by atoms with Crippen LogP contribution in [-0.4, -0.2) is 44.3 Å². The Morgan fingerprint density at radius 1 is 1.17 bits per heavy atom. The molecule has 0 aliphatic carbocycles. The zero-order valence-corrected chi connectivity index (χ0v) is 16.9. The highest BCUT2D eigenvalue weighted by atomic mass is 32.1. The number of nitrogens with one attached hydrogen (secondary N) is 1. The number of nitrogens with zero attached hydrogens (tertiary/aromatic N) is 2. The Kier molecular flexibility index (Phi) is 5.78. The van der Waals surface area contributed by atoms with E-state index in [0.717, 1.165) is 11.3 Å². The van der Waals surface area contributed by atoms with Crippen LogP contribution in [0.15, 0.2) is 65.2 Å². The number of aromatic nitrogens is 1. The predicted molar refractivity (Wildman–Crippen MR) is 115 cm³/mol. The van der Waals surface area contributed by atoms with E-state index in [1.165, 1.54) is 0 Å². The monoisotopic (exact) mass is 423 g/mol. The second-order valence-corrected chi connectivity index (χ2v) is 7.37. The van der Waals surface area contributed by atoms with Crippen LogP contribution in [0.25, 0.3) is 11.3 Å². The number of aliphatic hydroxyl groups is 1. The van der Waals surface area contributed by atoms with Crippen LogP contribution in [0.3, 0.4) is 0 Å². The van der Waals surface area contributed by atoms with Gasteiger partial charge in [-0.25, -0.2) is 4.79 Å². The van der Waals surface area contributed by atoms with Gasteiger partial charge in [0.1, 0.15) is 17.6 Å². The molecule has 3 N–H and O–H groups in total. The summed E-state index contributed by atoms with van der Waals surface area (Å²) < 4.78 is 6.19. The highest BCUT2D eigenvalue weighted by Crippen LogP contribution is 2.40. The van der Waals surface area contributed by atoms with Crippen LogP contribution >= 0.6 is 12.2 Å². The summed E-state index contributed by atoms with van der Waals surface area (Å²) in [5, 5.41) is 22.3. The largest absolute Gasteiger partial charge is 0.478 e. The lowest BCUT2D eigenvalue weighted by molar-refractivity contribution is 0.0697. The Balaban J connectivity index is 1.67. The van der Waals surface area contributed by atoms with Crippen molar-refractivity contribution in [2.24, 2.45) is 0 Å². The van der Waals surface area contributed by atoms with E-state index in [9.17, 15) is 9.90 Å². The van der Waals surface area contributed by atoms with Crippen molar-refractivity contribution in [1.82, 2.24) is 15.2 Å². The molecule has 154 valence electrons. The minimum Gasteiger partial charge on any atom is -0.478 e. The number of aliphatic hydroxyl groups excluding tert-OH is 1. The Labute approximate surface area is 179 Å². The molecule has 0 amide bonds. The van der Waals surface area contributed by atoms with Crippen molar-refractivity contribution in [3.8, 4) is 11.3 Å². The Bertz CT molecular complexity index is 1040. The van der Waals surface area contributed by atoms with Gasteiger partial charge >= 0.3 is 5.97 Å². The van der Waals surface area contributed by atoms with E-state index in [1.807, 2.05) is 35.2 Å². The first-order valence-electron chi connectivity index (χ1n) is 9.61. The number of thiocarbonyl (C=S) groups is 1. The minimum atomic E-state index is -0.968. The van der Waals surface area contributed by atoms with E-state index in [0.29, 0.717) is 29.6 Å². The molecule has 1 saturated heterocycles. The van der Waals surface area contributed by atoms with Crippen LogP contribution in [-0.2, 0) is 0 Å². The lowest BCUT2D eigenvalue weighted by Gasteiger charge is -2.25. The van der Waals surface area contributed by atoms with Gasteiger partial charge in [0.25, 0.3) is 0 Å². The molecular weight excluding hydrogens is 402 g/mol. The van der Waals surface area contributed by atoms with Crippen molar-refractivity contribution in [2.45, 2.75) is 18.5 Å². The Morgan fingerprint density at radius 2 is 1.97 bits per heavy atom. The SMILES string of the molecule is O=C(O)c1ccc(-c2ccc([C@@H]3[C@@H](c4ccccn4)NC(=S)N3CCCO)o2)cc1. The van der Waals surface area contributed by atoms with Crippen LogP contribution < -0.4 is 5.32 Å². The van der Waals surface area contributed by atoms with E-state index >= 15 is 0 Å². The predicted octanol–water partition coefficient (Wildman–Crippen LogP) is 3.39. The van der Waals surface area contributed by atoms with Crippen molar-refractivity contribution in [2.75, 3.05) is 13.2 Å². The first kappa shape index (κ1) is 20.1. The van der Waals surface area contributed by atoms with E-state index in [2.05, 4.69) is 10.3 Å². The summed E-state index contributed by atoms with van der Waals surface area (Å²) in [6.07, 6.45) is 2.32. The van der Waals surface area contributed by atoms with Gasteiger partial charge in [-0.05, 0) is 55.0 Å². The molecule has 1 aliphatic heterocycles. The fraction of sp³-hybridized carbons (Fsp3) is 0.227. The van der Waals surface area contributed by atoms with Crippen LogP contribution in [0.2, 0.25) is 0 Å². The maximum Gasteiger partial charge on any atom is 0.335 e. The van der Waals surface area contributed by atoms with Crippen molar-refractivity contribution in [1.29, 1.82) is 0 Å². The van der Waals surface area contributed by atoms with Gasteiger partial charge in [-0.2, -0.15) is 0 Å². The van der Waals surface area contributed by atoms with E-state index < -0.39 is 5.97 Å². The highest BCUT2D eigenvalue weighted by molar-refractivity contribution is 7.80. The average molecular weight is 423 g/mol. The third-order valence-corrected chi connectivity index (χ3v) is 5.44. The van der Waals surface area contributed by atoms with Gasteiger partial charge in [-0.3, -0.25) is 4.98 Å². The third-order valence-electron chi connectivity index (χ3n) is 5.09. The molecule has 1 aromatic carbocycles. The summed E-state index contributed by atoms with van der Waals surface area (Å²) in [5.74, 6) is 0.389. The molecule has 30 heavy (non-hydrogen) atoms. The molecule has 0 radical (unpaired) electrons. The van der Waals surface area contributed by atoms with Gasteiger partial charge in [0.15, 0.2) is 5.11 Å². The summed E-state index contributed by atoms with van der Waals surface area (Å²) in [6.45, 7) is 0.652. The summed E-state index contributed by atoms with van der Waals surface area (Å²) in [5.41, 5.74) is 1.86. The number of carboxylic acids is 1. The van der Waals surface area contributed by atoms with Gasteiger partial charge in [0.05, 0.1) is 17.3 Å². The molecule has 1 aliphatic rings. The smallest absolute Gasteiger partial charge is 0.335 e. The van der Waals surface area contributed by atoms with E-state index in [4.69, 9.17) is 21.7 Å². The maximum atomic E-state index is 11.1. The second-order valence-electron chi connectivity index (χ2n) is 6.98. The van der Waals surface area contributed by atoms with Crippen molar-refractivity contribution in [3.05, 3.63) is 77.8 Å². The number of hydrogen-bond acceptors (Lipinski definition) is 5. The molecule has 7 nitrogen and oxygen atoms in total. The quantitative estimate of drug-likeness (QED) is 0.498. The molecule has 3 heterocycles. The Hall–Kier alpha value is -3.23. The lowest BCUT2D eigenvalue weighted by Crippen LogP contribution is -2.30. The molecule has 2 aromatic heterocycles. The number of rotatable bonds is 7. The Morgan fingerprint density at radius 3 is 2.63 bits per heavy atom. The number of benzene rings is 1. The fourth-order valence-corrected chi connectivity index (χ4v) is 3.97. The molecule has 0 spiro atoms. The van der Waals surface area contributed by atoms with Crippen molar-refractivity contribution >= 4 is 23.3 Å². The van der Waals surface area contributed by atoms with Gasteiger partial charge in [0, 0.05) is 24.9 Å². The number of furan rings is 1. The zero-order chi connectivity index (χ0) is 21.1. The zero-order valence-electron chi connectivity index (χ0n) is 16.1. The minimum absolute atomic E-state index is 0.0689. The third kappa shape index (κ3) is 3.92. The average Bonchev–Trinajstić information content (AvgIpc) is 3.37. The van der Waals surface area contributed by atoms with Crippen molar-refractivity contribution in [3.63, 3.8) is 0 Å². The van der Waals surface area contributed by atoms with Gasteiger partial charge < -0.3 is 24.8 Å². The molecule has 2 atom stereocenters. The molecule has 8 heteroatoms. The molecule has 0 unspecified atom stereocenters. The first-order chi connectivity index (χ1) is 14.6. The van der Waals surface area contributed by atoms with E-state index in [-0.39, 0.29) is 24.3 Å². The number of pyridine rings is 1. The highest BCUT2D eigenvalue weighted by Gasteiger charge is 2.41. The van der Waals surface area contributed by atoms with Gasteiger partial charge in [-0.15, -0.1) is 0 Å². The van der Waals surface area contributed by atoms with Crippen LogP contribution in [0.5, 0.6) is 0 Å². The molecule has 3 aromatic rings. The summed E-state index contributed by atoms with van der Waals surface area (Å²) in [4.78, 5) is 17.6. The van der Waals surface area contributed by atoms with E-state index in [1.54, 1.807) is 30.5 Å². The number of carbonyl (C=O) groups is 1. The van der Waals surface area contributed by atoms with Crippen LogP contribution in [0.1, 0.15) is 40.3 Å². The fourth-order valence-electron chi connectivity index (χ4n) is 3.64. The maximum absolute atomic E-state index is 11.1. The molecule has 1 fully saturated rings. The summed E-state index contributed by atoms with van der Waals surface area (Å²) in [7, 11) is 0.